The molecule has 0 saturated heterocycles. The molecule has 80 valence electrons. The van der Waals surface area contributed by atoms with E-state index in [0.29, 0.717) is 0 Å². The summed E-state index contributed by atoms with van der Waals surface area (Å²) in [6.07, 6.45) is 4.54. The van der Waals surface area contributed by atoms with Crippen LogP contribution in [0.15, 0.2) is 15.7 Å². The second kappa shape index (κ2) is 2.62. The Morgan fingerprint density at radius 1 is 1.27 bits per heavy atom. The van der Waals surface area contributed by atoms with Gasteiger partial charge in [0.25, 0.3) is 5.56 Å². The highest BCUT2D eigenvalue weighted by Crippen LogP contribution is 2.48. The third-order valence-corrected chi connectivity index (χ3v) is 4.07. The zero-order chi connectivity index (χ0) is 10.6. The summed E-state index contributed by atoms with van der Waals surface area (Å²) < 4.78 is 2.97. The molecule has 2 heterocycles. The van der Waals surface area contributed by atoms with E-state index in [1.165, 1.54) is 11.0 Å². The molecule has 0 bridgehead atoms. The molecule has 1 fully saturated rings. The molecule has 0 unspecified atom stereocenters. The summed E-state index contributed by atoms with van der Waals surface area (Å²) in [5, 5.41) is 0. The highest BCUT2D eigenvalue weighted by Gasteiger charge is 2.44. The lowest BCUT2D eigenvalue weighted by molar-refractivity contribution is 0.243. The van der Waals surface area contributed by atoms with Crippen molar-refractivity contribution in [3.05, 3.63) is 32.6 Å². The Bertz CT molecular complexity index is 534. The van der Waals surface area contributed by atoms with Gasteiger partial charge in [0.15, 0.2) is 0 Å². The maximum atomic E-state index is 11.8. The van der Waals surface area contributed by atoms with Crippen LogP contribution in [0.25, 0.3) is 0 Å². The molecule has 4 heteroatoms. The van der Waals surface area contributed by atoms with Gasteiger partial charge in [0.05, 0.1) is 0 Å². The molecule has 4 nitrogen and oxygen atoms in total. The van der Waals surface area contributed by atoms with E-state index in [0.717, 1.165) is 31.5 Å². The molecule has 3 rings (SSSR count). The maximum Gasteiger partial charge on any atom is 0.330 e. The standard InChI is InChI=1S/C11H14N2O2/c1-12-9(14)7-8-11(3-2-4-11)5-6-13(8)10(12)15/h7H,2-6H2,1H3. The van der Waals surface area contributed by atoms with Gasteiger partial charge in [-0.05, 0) is 19.3 Å². The predicted octanol–water partition coefficient (Wildman–Crippen LogP) is 0.372. The van der Waals surface area contributed by atoms with Gasteiger partial charge in [-0.1, -0.05) is 6.42 Å². The van der Waals surface area contributed by atoms with Crippen LogP contribution < -0.4 is 11.2 Å². The first kappa shape index (κ1) is 8.95. The summed E-state index contributed by atoms with van der Waals surface area (Å²) in [6, 6.07) is 1.66. The van der Waals surface area contributed by atoms with Crippen LogP contribution in [0.5, 0.6) is 0 Å². The van der Waals surface area contributed by atoms with E-state index in [1.54, 1.807) is 17.7 Å². The second-order valence-corrected chi connectivity index (χ2v) is 4.74. The lowest BCUT2D eigenvalue weighted by Crippen LogP contribution is -2.40. The van der Waals surface area contributed by atoms with Crippen molar-refractivity contribution in [1.29, 1.82) is 0 Å². The monoisotopic (exact) mass is 206 g/mol. The Morgan fingerprint density at radius 2 is 2.00 bits per heavy atom. The molecule has 1 aromatic rings. The Hall–Kier alpha value is -1.32. The van der Waals surface area contributed by atoms with Crippen LogP contribution in [0.4, 0.5) is 0 Å². The van der Waals surface area contributed by atoms with Gasteiger partial charge >= 0.3 is 5.69 Å². The largest absolute Gasteiger partial charge is 0.330 e. The van der Waals surface area contributed by atoms with Gasteiger partial charge in [-0.2, -0.15) is 0 Å². The molecule has 1 spiro atoms. The lowest BCUT2D eigenvalue weighted by atomic mass is 9.66. The number of hydrogen-bond donors (Lipinski definition) is 0. The van der Waals surface area contributed by atoms with E-state index in [1.807, 2.05) is 0 Å². The van der Waals surface area contributed by atoms with Gasteiger partial charge in [0.1, 0.15) is 0 Å². The minimum absolute atomic E-state index is 0.152. The first-order chi connectivity index (χ1) is 7.14. The molecule has 1 aliphatic heterocycles. The number of fused-ring (bicyclic) bond motifs is 2. The second-order valence-electron chi connectivity index (χ2n) is 4.74. The molecular weight excluding hydrogens is 192 g/mol. The fourth-order valence-electron chi connectivity index (χ4n) is 2.89. The van der Waals surface area contributed by atoms with Crippen LogP contribution >= 0.6 is 0 Å². The van der Waals surface area contributed by atoms with Crippen molar-refractivity contribution >= 4 is 0 Å². The van der Waals surface area contributed by atoms with Gasteiger partial charge in [-0.15, -0.1) is 0 Å². The molecule has 1 saturated carbocycles. The Morgan fingerprint density at radius 3 is 2.60 bits per heavy atom. The Balaban J connectivity index is 2.31. The molecule has 0 radical (unpaired) electrons. The summed E-state index contributed by atoms with van der Waals surface area (Å²) in [7, 11) is 1.55. The number of hydrogen-bond acceptors (Lipinski definition) is 2. The normalized spacial score (nSPS) is 21.4. The summed E-state index contributed by atoms with van der Waals surface area (Å²) >= 11 is 0. The molecule has 0 amide bonds. The lowest BCUT2D eigenvalue weighted by Gasteiger charge is -2.38. The highest BCUT2D eigenvalue weighted by atomic mass is 16.2. The van der Waals surface area contributed by atoms with Crippen molar-refractivity contribution in [3.8, 4) is 0 Å². The van der Waals surface area contributed by atoms with E-state index in [9.17, 15) is 9.59 Å². The van der Waals surface area contributed by atoms with E-state index in [2.05, 4.69) is 0 Å². The van der Waals surface area contributed by atoms with Gasteiger partial charge in [-0.25, -0.2) is 4.79 Å². The third-order valence-electron chi connectivity index (χ3n) is 4.07. The fourth-order valence-corrected chi connectivity index (χ4v) is 2.89. The molecule has 0 N–H and O–H groups in total. The van der Waals surface area contributed by atoms with Crippen LogP contribution in [0.1, 0.15) is 31.4 Å². The molecule has 0 aromatic carbocycles. The smallest absolute Gasteiger partial charge is 0.297 e. The van der Waals surface area contributed by atoms with Crippen LogP contribution in [-0.2, 0) is 19.0 Å². The Labute approximate surface area is 87.2 Å². The molecule has 0 atom stereocenters. The van der Waals surface area contributed by atoms with Gasteiger partial charge in [0.2, 0.25) is 0 Å². The van der Waals surface area contributed by atoms with Crippen molar-refractivity contribution in [2.75, 3.05) is 0 Å². The van der Waals surface area contributed by atoms with Crippen molar-refractivity contribution in [2.24, 2.45) is 7.05 Å². The van der Waals surface area contributed by atoms with E-state index in [-0.39, 0.29) is 16.7 Å². The summed E-state index contributed by atoms with van der Waals surface area (Å²) in [4.78, 5) is 23.4. The third kappa shape index (κ3) is 0.967. The SMILES string of the molecule is Cn1c(=O)cc2n(c1=O)CCC21CCC1. The number of aromatic nitrogens is 2. The molecule has 1 aliphatic carbocycles. The first-order valence-electron chi connectivity index (χ1n) is 5.45. The fraction of sp³-hybridized carbons (Fsp3) is 0.636. The maximum absolute atomic E-state index is 11.8. The topological polar surface area (TPSA) is 44.0 Å². The van der Waals surface area contributed by atoms with Crippen molar-refractivity contribution < 1.29 is 0 Å². The number of rotatable bonds is 0. The zero-order valence-electron chi connectivity index (χ0n) is 8.82. The highest BCUT2D eigenvalue weighted by molar-refractivity contribution is 5.24. The molecular formula is C11H14N2O2. The van der Waals surface area contributed by atoms with Crippen LogP contribution in [0, 0.1) is 0 Å². The minimum atomic E-state index is -0.167. The molecule has 2 aliphatic rings. The predicted molar refractivity (Wildman–Crippen MR) is 56.1 cm³/mol. The first-order valence-corrected chi connectivity index (χ1v) is 5.45. The summed E-state index contributed by atoms with van der Waals surface area (Å²) in [5.41, 5.74) is 0.842. The average molecular weight is 206 g/mol. The number of nitrogens with zero attached hydrogens (tertiary/aromatic N) is 2. The van der Waals surface area contributed by atoms with Gasteiger partial charge in [0, 0.05) is 30.8 Å². The quantitative estimate of drug-likeness (QED) is 0.615. The average Bonchev–Trinajstić information content (AvgIpc) is 2.53. The molecule has 1 aromatic heterocycles. The van der Waals surface area contributed by atoms with E-state index < -0.39 is 0 Å². The molecule has 15 heavy (non-hydrogen) atoms. The van der Waals surface area contributed by atoms with Crippen molar-refractivity contribution in [2.45, 2.75) is 37.6 Å². The van der Waals surface area contributed by atoms with Crippen LogP contribution in [0.3, 0.4) is 0 Å². The van der Waals surface area contributed by atoms with Gasteiger partial charge < -0.3 is 0 Å². The van der Waals surface area contributed by atoms with E-state index in [4.69, 9.17) is 0 Å². The Kier molecular flexibility index (Phi) is 1.56. The van der Waals surface area contributed by atoms with Gasteiger partial charge in [-0.3, -0.25) is 13.9 Å². The summed E-state index contributed by atoms with van der Waals surface area (Å²) in [5.74, 6) is 0. The zero-order valence-corrected chi connectivity index (χ0v) is 8.82. The van der Waals surface area contributed by atoms with Crippen molar-refractivity contribution in [1.82, 2.24) is 9.13 Å². The van der Waals surface area contributed by atoms with Crippen molar-refractivity contribution in [3.63, 3.8) is 0 Å². The van der Waals surface area contributed by atoms with Crippen LogP contribution in [0.2, 0.25) is 0 Å². The van der Waals surface area contributed by atoms with Crippen LogP contribution in [-0.4, -0.2) is 9.13 Å². The van der Waals surface area contributed by atoms with E-state index >= 15 is 0 Å². The summed E-state index contributed by atoms with van der Waals surface area (Å²) in [6.45, 7) is 0.780. The minimum Gasteiger partial charge on any atom is -0.297 e.